The highest BCUT2D eigenvalue weighted by Gasteiger charge is 2.17. The van der Waals surface area contributed by atoms with Crippen molar-refractivity contribution in [1.82, 2.24) is 10.2 Å². The normalized spacial score (nSPS) is 10.8. The molecule has 0 unspecified atom stereocenters. The number of hydrogen-bond donors (Lipinski definition) is 2. The van der Waals surface area contributed by atoms with Crippen molar-refractivity contribution in [2.45, 2.75) is 12.5 Å². The number of rotatable bonds is 10. The van der Waals surface area contributed by atoms with Crippen molar-refractivity contribution < 1.29 is 14.3 Å². The van der Waals surface area contributed by atoms with E-state index >= 15 is 0 Å². The topological polar surface area (TPSA) is 70.7 Å². The van der Waals surface area contributed by atoms with Gasteiger partial charge in [0.25, 0.3) is 0 Å². The van der Waals surface area contributed by atoms with Gasteiger partial charge >= 0.3 is 0 Å². The lowest BCUT2D eigenvalue weighted by atomic mass is 9.98. The first kappa shape index (κ1) is 23.0. The van der Waals surface area contributed by atoms with Crippen molar-refractivity contribution in [1.29, 1.82) is 0 Å². The average Bonchev–Trinajstić information content (AvgIpc) is 2.82. The third-order valence-electron chi connectivity index (χ3n) is 5.06. The summed E-state index contributed by atoms with van der Waals surface area (Å²) in [6.07, 6.45) is 0.291. The molecule has 0 aromatic heterocycles. The van der Waals surface area contributed by atoms with Crippen LogP contribution in [0, 0.1) is 0 Å². The molecule has 0 bridgehead atoms. The van der Waals surface area contributed by atoms with Crippen LogP contribution < -0.4 is 15.4 Å². The van der Waals surface area contributed by atoms with E-state index < -0.39 is 0 Å². The molecule has 0 aliphatic heterocycles. The van der Waals surface area contributed by atoms with Gasteiger partial charge < -0.3 is 15.4 Å². The molecule has 0 saturated heterocycles. The number of ether oxygens (including phenoxy) is 1. The third-order valence-corrected chi connectivity index (χ3v) is 5.06. The van der Waals surface area contributed by atoms with Crippen LogP contribution in [0.3, 0.4) is 0 Å². The quantitative estimate of drug-likeness (QED) is 0.511. The Morgan fingerprint density at radius 3 is 2.09 bits per heavy atom. The molecular weight excluding hydrogens is 402 g/mol. The number of anilines is 1. The van der Waals surface area contributed by atoms with Crippen molar-refractivity contribution in [3.63, 3.8) is 0 Å². The predicted molar refractivity (Wildman–Crippen MR) is 127 cm³/mol. The Kier molecular flexibility index (Phi) is 8.40. The summed E-state index contributed by atoms with van der Waals surface area (Å²) in [7, 11) is 3.41. The highest BCUT2D eigenvalue weighted by Crippen LogP contribution is 2.22. The van der Waals surface area contributed by atoms with Crippen LogP contribution in [0.4, 0.5) is 5.69 Å². The summed E-state index contributed by atoms with van der Waals surface area (Å²) in [5, 5.41) is 5.98. The van der Waals surface area contributed by atoms with Crippen LogP contribution in [0.15, 0.2) is 84.9 Å². The minimum absolute atomic E-state index is 0.0669. The second kappa shape index (κ2) is 11.7. The Morgan fingerprint density at radius 2 is 1.50 bits per heavy atom. The number of likely N-dealkylation sites (N-methyl/N-ethyl adjacent to an activating group) is 1. The first-order chi connectivity index (χ1) is 15.5. The van der Waals surface area contributed by atoms with E-state index in [1.165, 1.54) is 0 Å². The van der Waals surface area contributed by atoms with Crippen LogP contribution in [-0.2, 0) is 9.59 Å². The highest BCUT2D eigenvalue weighted by atomic mass is 16.5. The third kappa shape index (κ3) is 6.96. The summed E-state index contributed by atoms with van der Waals surface area (Å²) >= 11 is 0. The van der Waals surface area contributed by atoms with Crippen molar-refractivity contribution in [3.8, 4) is 5.75 Å². The summed E-state index contributed by atoms with van der Waals surface area (Å²) in [6.45, 7) is 0.652. The van der Waals surface area contributed by atoms with Gasteiger partial charge in [-0.05, 0) is 30.3 Å². The van der Waals surface area contributed by atoms with E-state index in [1.54, 1.807) is 19.2 Å². The maximum atomic E-state index is 12.7. The molecule has 32 heavy (non-hydrogen) atoms. The smallest absolute Gasteiger partial charge is 0.238 e. The molecule has 0 radical (unpaired) electrons. The van der Waals surface area contributed by atoms with E-state index in [9.17, 15) is 9.59 Å². The molecule has 0 heterocycles. The fourth-order valence-electron chi connectivity index (χ4n) is 3.40. The number of nitrogens with one attached hydrogen (secondary N) is 2. The monoisotopic (exact) mass is 431 g/mol. The number of hydrogen-bond acceptors (Lipinski definition) is 4. The second-order valence-electron chi connectivity index (χ2n) is 7.59. The molecule has 0 fully saturated rings. The van der Waals surface area contributed by atoms with Gasteiger partial charge in [-0.25, -0.2) is 0 Å². The largest absolute Gasteiger partial charge is 0.497 e. The summed E-state index contributed by atoms with van der Waals surface area (Å²) in [4.78, 5) is 26.8. The van der Waals surface area contributed by atoms with Gasteiger partial charge in [-0.2, -0.15) is 0 Å². The number of carbonyl (C=O) groups excluding carboxylic acids is 2. The number of benzene rings is 3. The Labute approximate surface area is 189 Å². The molecule has 3 rings (SSSR count). The van der Waals surface area contributed by atoms with Gasteiger partial charge in [-0.15, -0.1) is 0 Å². The van der Waals surface area contributed by atoms with Crippen molar-refractivity contribution >= 4 is 17.5 Å². The maximum Gasteiger partial charge on any atom is 0.238 e. The number of nitrogens with zero attached hydrogens (tertiary/aromatic N) is 1. The second-order valence-corrected chi connectivity index (χ2v) is 7.59. The zero-order chi connectivity index (χ0) is 22.8. The van der Waals surface area contributed by atoms with E-state index in [2.05, 4.69) is 10.6 Å². The number of methoxy groups -OCH3 is 1. The van der Waals surface area contributed by atoms with E-state index in [1.807, 2.05) is 84.7 Å². The van der Waals surface area contributed by atoms with Crippen LogP contribution in [0.2, 0.25) is 0 Å². The van der Waals surface area contributed by atoms with Gasteiger partial charge in [-0.1, -0.05) is 66.7 Å². The van der Waals surface area contributed by atoms with E-state index in [0.717, 1.165) is 11.1 Å². The van der Waals surface area contributed by atoms with Gasteiger partial charge in [0.2, 0.25) is 11.8 Å². The zero-order valence-corrected chi connectivity index (χ0v) is 18.5. The predicted octanol–water partition coefficient (Wildman–Crippen LogP) is 3.86. The Bertz CT molecular complexity index is 970. The molecule has 0 aliphatic rings. The molecule has 166 valence electrons. The number of carbonyl (C=O) groups is 2. The van der Waals surface area contributed by atoms with Crippen LogP contribution >= 0.6 is 0 Å². The van der Waals surface area contributed by atoms with Crippen molar-refractivity contribution in [3.05, 3.63) is 96.1 Å². The summed E-state index contributed by atoms with van der Waals surface area (Å²) < 4.78 is 5.17. The summed E-state index contributed by atoms with van der Waals surface area (Å²) in [6, 6.07) is 26.8. The van der Waals surface area contributed by atoms with Crippen LogP contribution in [0.25, 0.3) is 0 Å². The molecule has 0 aliphatic carbocycles. The van der Waals surface area contributed by atoms with Gasteiger partial charge in [-0.3, -0.25) is 14.5 Å². The lowest BCUT2D eigenvalue weighted by Gasteiger charge is -2.21. The molecule has 0 atom stereocenters. The van der Waals surface area contributed by atoms with E-state index in [4.69, 9.17) is 4.74 Å². The molecular formula is C26H29N3O3. The lowest BCUT2D eigenvalue weighted by molar-refractivity contribution is -0.122. The minimum atomic E-state index is -0.216. The maximum absolute atomic E-state index is 12.7. The fourth-order valence-corrected chi connectivity index (χ4v) is 3.40. The average molecular weight is 432 g/mol. The van der Waals surface area contributed by atoms with Gasteiger partial charge in [0, 0.05) is 24.7 Å². The lowest BCUT2D eigenvalue weighted by Crippen LogP contribution is -2.35. The zero-order valence-electron chi connectivity index (χ0n) is 18.5. The molecule has 0 saturated carbocycles. The van der Waals surface area contributed by atoms with Crippen molar-refractivity contribution in [2.24, 2.45) is 0 Å². The molecule has 2 N–H and O–H groups in total. The Balaban J connectivity index is 1.51. The summed E-state index contributed by atoms with van der Waals surface area (Å²) in [5.74, 6) is 0.467. The van der Waals surface area contributed by atoms with Gasteiger partial charge in [0.1, 0.15) is 5.75 Å². The van der Waals surface area contributed by atoms with Gasteiger partial charge in [0.05, 0.1) is 19.7 Å². The number of amides is 2. The van der Waals surface area contributed by atoms with Crippen LogP contribution in [-0.4, -0.2) is 44.0 Å². The molecule has 6 heteroatoms. The minimum Gasteiger partial charge on any atom is -0.497 e. The fraction of sp³-hybridized carbons (Fsp3) is 0.231. The van der Waals surface area contributed by atoms with E-state index in [-0.39, 0.29) is 24.4 Å². The Hall–Kier alpha value is -3.64. The first-order valence-electron chi connectivity index (χ1n) is 10.6. The standard InChI is InChI=1S/C26H29N3O3/c1-29(19-25(31)27-22-14-9-15-23(18-22)32-2)17-16-24(30)28-26(20-10-5-3-6-11-20)21-12-7-4-8-13-21/h3-15,18,26H,16-17,19H2,1-2H3,(H,27,31)(H,28,30). The van der Waals surface area contributed by atoms with Crippen molar-refractivity contribution in [2.75, 3.05) is 32.6 Å². The van der Waals surface area contributed by atoms with Crippen LogP contribution in [0.5, 0.6) is 5.75 Å². The summed E-state index contributed by atoms with van der Waals surface area (Å²) in [5.41, 5.74) is 2.73. The molecule has 3 aromatic carbocycles. The molecule has 6 nitrogen and oxygen atoms in total. The molecule has 0 spiro atoms. The molecule has 2 amide bonds. The van der Waals surface area contributed by atoms with Crippen LogP contribution in [0.1, 0.15) is 23.6 Å². The molecule has 3 aromatic rings. The first-order valence-corrected chi connectivity index (χ1v) is 10.6. The van der Waals surface area contributed by atoms with E-state index in [0.29, 0.717) is 24.4 Å². The highest BCUT2D eigenvalue weighted by molar-refractivity contribution is 5.92. The Morgan fingerprint density at radius 1 is 0.875 bits per heavy atom. The van der Waals surface area contributed by atoms with Gasteiger partial charge in [0.15, 0.2) is 0 Å². The SMILES string of the molecule is COc1cccc(NC(=O)CN(C)CCC(=O)NC(c2ccccc2)c2ccccc2)c1.